The molecule has 0 N–H and O–H groups in total. The van der Waals surface area contributed by atoms with E-state index in [0.717, 1.165) is 29.9 Å². The monoisotopic (exact) mass is 376 g/mol. The highest BCUT2D eigenvalue weighted by Gasteiger charge is 2.15. The van der Waals surface area contributed by atoms with Gasteiger partial charge in [0, 0.05) is 0 Å². The van der Waals surface area contributed by atoms with Crippen molar-refractivity contribution in [2.24, 2.45) is 23.7 Å². The summed E-state index contributed by atoms with van der Waals surface area (Å²) in [6.07, 6.45) is 9.47. The molecule has 0 bridgehead atoms. The normalized spacial score (nSPS) is 15.6. The van der Waals surface area contributed by atoms with E-state index in [2.05, 4.69) is 60.9 Å². The third-order valence-electron chi connectivity index (χ3n) is 5.33. The van der Waals surface area contributed by atoms with Crippen LogP contribution in [0.5, 0.6) is 0 Å². The molecule has 0 radical (unpaired) electrons. The third kappa shape index (κ3) is 10.9. The molecule has 152 valence electrons. The Morgan fingerprint density at radius 1 is 0.741 bits per heavy atom. The van der Waals surface area contributed by atoms with Gasteiger partial charge in [0.05, 0.1) is 0 Å². The zero-order valence-electron chi connectivity index (χ0n) is 18.0. The molecule has 0 aromatic heterocycles. The van der Waals surface area contributed by atoms with E-state index in [1.165, 1.54) is 19.3 Å². The van der Waals surface area contributed by atoms with Gasteiger partial charge in [0.1, 0.15) is 0 Å². The average molecular weight is 377 g/mol. The summed E-state index contributed by atoms with van der Waals surface area (Å²) in [5.74, 6) is 0.417. The summed E-state index contributed by atoms with van der Waals surface area (Å²) in [4.78, 5) is 0. The second kappa shape index (κ2) is 12.6. The second-order valence-corrected chi connectivity index (χ2v) is 8.26. The summed E-state index contributed by atoms with van der Waals surface area (Å²) in [6.45, 7) is 26.0. The van der Waals surface area contributed by atoms with Crippen LogP contribution < -0.4 is 0 Å². The summed E-state index contributed by atoms with van der Waals surface area (Å²) < 4.78 is 25.9. The summed E-state index contributed by atoms with van der Waals surface area (Å²) in [5, 5.41) is 0. The lowest BCUT2D eigenvalue weighted by Crippen LogP contribution is -2.11. The van der Waals surface area contributed by atoms with E-state index in [1.807, 2.05) is 6.08 Å². The van der Waals surface area contributed by atoms with Gasteiger partial charge in [0.15, 0.2) is 11.7 Å². The summed E-state index contributed by atoms with van der Waals surface area (Å²) in [5.41, 5.74) is 1.84. The van der Waals surface area contributed by atoms with Crippen LogP contribution in [-0.4, -0.2) is 0 Å². The van der Waals surface area contributed by atoms with Crippen LogP contribution in [0, 0.1) is 23.7 Å². The van der Waals surface area contributed by atoms with E-state index in [9.17, 15) is 8.78 Å². The molecule has 0 aliphatic carbocycles. The van der Waals surface area contributed by atoms with Crippen molar-refractivity contribution in [3.05, 3.63) is 72.9 Å². The highest BCUT2D eigenvalue weighted by Crippen LogP contribution is 2.27. The summed E-state index contributed by atoms with van der Waals surface area (Å²) in [6, 6.07) is 0. The van der Waals surface area contributed by atoms with E-state index in [1.54, 1.807) is 6.08 Å². The first-order chi connectivity index (χ1) is 12.5. The molecular weight excluding hydrogens is 338 g/mol. The Morgan fingerprint density at radius 3 is 1.74 bits per heavy atom. The first-order valence-electron chi connectivity index (χ1n) is 9.92. The third-order valence-corrected chi connectivity index (χ3v) is 5.33. The highest BCUT2D eigenvalue weighted by molar-refractivity contribution is 5.46. The molecule has 0 nitrogen and oxygen atoms in total. The van der Waals surface area contributed by atoms with Crippen molar-refractivity contribution in [3.8, 4) is 0 Å². The molecule has 27 heavy (non-hydrogen) atoms. The van der Waals surface area contributed by atoms with E-state index < -0.39 is 11.7 Å². The predicted octanol–water partition coefficient (Wildman–Crippen LogP) is 8.67. The maximum absolute atomic E-state index is 13.2. The van der Waals surface area contributed by atoms with Gasteiger partial charge < -0.3 is 0 Å². The standard InChI is InChI=1S/C25H38F2/c1-17(2)10-11-18(3)19(4)12-13-20(5)21(6)14-15-22(7)23(8)16-25(27)24(9)26/h14-20H,6-13H2,1-5H3/b15-14-,25-16+. The van der Waals surface area contributed by atoms with Crippen LogP contribution in [0.4, 0.5) is 8.78 Å². The van der Waals surface area contributed by atoms with Crippen molar-refractivity contribution in [1.29, 1.82) is 0 Å². The Hall–Kier alpha value is -1.70. The first kappa shape index (κ1) is 25.3. The van der Waals surface area contributed by atoms with Gasteiger partial charge in [-0.2, -0.15) is 0 Å². The molecule has 3 atom stereocenters. The molecule has 2 heteroatoms. The van der Waals surface area contributed by atoms with Gasteiger partial charge in [-0.25, -0.2) is 8.78 Å². The molecule has 0 aliphatic rings. The van der Waals surface area contributed by atoms with Gasteiger partial charge in [0.25, 0.3) is 0 Å². The average Bonchev–Trinajstić information content (AvgIpc) is 2.60. The van der Waals surface area contributed by atoms with Crippen molar-refractivity contribution < 1.29 is 8.78 Å². The molecule has 0 spiro atoms. The Bertz CT molecular complexity index is 589. The van der Waals surface area contributed by atoms with Crippen LogP contribution in [0.1, 0.15) is 60.3 Å². The van der Waals surface area contributed by atoms with E-state index in [0.29, 0.717) is 23.0 Å². The summed E-state index contributed by atoms with van der Waals surface area (Å²) >= 11 is 0. The van der Waals surface area contributed by atoms with Crippen LogP contribution >= 0.6 is 0 Å². The van der Waals surface area contributed by atoms with Crippen molar-refractivity contribution in [1.82, 2.24) is 0 Å². The van der Waals surface area contributed by atoms with Crippen molar-refractivity contribution in [3.63, 3.8) is 0 Å². The van der Waals surface area contributed by atoms with E-state index in [4.69, 9.17) is 0 Å². The van der Waals surface area contributed by atoms with Crippen LogP contribution in [-0.2, 0) is 0 Å². The molecule has 0 rings (SSSR count). The Kier molecular flexibility index (Phi) is 11.8. The molecule has 0 aromatic rings. The van der Waals surface area contributed by atoms with Gasteiger partial charge in [0.2, 0.25) is 0 Å². The number of hydrogen-bond acceptors (Lipinski definition) is 0. The lowest BCUT2D eigenvalue weighted by molar-refractivity contribution is 0.306. The SMILES string of the molecule is C=C(/C=C\C(=C)C(C)CCC(C)C(C)CCC(C)C)C(=C)/C=C(/F)C(=C)F. The maximum Gasteiger partial charge on any atom is 0.158 e. The molecule has 0 aromatic carbocycles. The van der Waals surface area contributed by atoms with Crippen molar-refractivity contribution in [2.45, 2.75) is 60.3 Å². The van der Waals surface area contributed by atoms with Gasteiger partial charge in [-0.3, -0.25) is 0 Å². The molecule has 0 aliphatic heterocycles. The molecule has 0 saturated carbocycles. The smallest absolute Gasteiger partial charge is 0.158 e. The Morgan fingerprint density at radius 2 is 1.26 bits per heavy atom. The largest absolute Gasteiger partial charge is 0.204 e. The lowest BCUT2D eigenvalue weighted by atomic mass is 9.83. The van der Waals surface area contributed by atoms with Crippen LogP contribution in [0.15, 0.2) is 72.9 Å². The zero-order chi connectivity index (χ0) is 21.1. The summed E-state index contributed by atoms with van der Waals surface area (Å²) in [7, 11) is 0. The molecule has 3 unspecified atom stereocenters. The second-order valence-electron chi connectivity index (χ2n) is 8.26. The fourth-order valence-electron chi connectivity index (χ4n) is 2.67. The molecule has 0 heterocycles. The van der Waals surface area contributed by atoms with Crippen LogP contribution in [0.3, 0.4) is 0 Å². The van der Waals surface area contributed by atoms with Crippen molar-refractivity contribution >= 4 is 0 Å². The van der Waals surface area contributed by atoms with Gasteiger partial charge in [-0.05, 0) is 53.7 Å². The number of halogens is 2. The maximum atomic E-state index is 13.2. The highest BCUT2D eigenvalue weighted by atomic mass is 19.2. The first-order valence-corrected chi connectivity index (χ1v) is 9.92. The molecule has 0 amide bonds. The molecule has 0 saturated heterocycles. The lowest BCUT2D eigenvalue weighted by Gasteiger charge is -2.22. The Balaban J connectivity index is 4.51. The number of hydrogen-bond donors (Lipinski definition) is 0. The van der Waals surface area contributed by atoms with Crippen LogP contribution in [0.2, 0.25) is 0 Å². The fourth-order valence-corrected chi connectivity index (χ4v) is 2.67. The predicted molar refractivity (Wildman–Crippen MR) is 117 cm³/mol. The van der Waals surface area contributed by atoms with Gasteiger partial charge in [-0.1, -0.05) is 91.5 Å². The zero-order valence-corrected chi connectivity index (χ0v) is 18.0. The van der Waals surface area contributed by atoms with Crippen LogP contribution in [0.25, 0.3) is 0 Å². The Labute approximate surface area is 166 Å². The molecule has 0 fully saturated rings. The number of rotatable bonds is 13. The van der Waals surface area contributed by atoms with E-state index in [-0.39, 0.29) is 0 Å². The van der Waals surface area contributed by atoms with Gasteiger partial charge in [-0.15, -0.1) is 0 Å². The minimum absolute atomic E-state index is 0.315. The van der Waals surface area contributed by atoms with Gasteiger partial charge >= 0.3 is 0 Å². The quantitative estimate of drug-likeness (QED) is 0.282. The minimum Gasteiger partial charge on any atom is -0.204 e. The minimum atomic E-state index is -1.11. The van der Waals surface area contributed by atoms with E-state index >= 15 is 0 Å². The fraction of sp³-hybridized carbons (Fsp3) is 0.520. The topological polar surface area (TPSA) is 0 Å². The van der Waals surface area contributed by atoms with Crippen molar-refractivity contribution in [2.75, 3.05) is 0 Å². The number of allylic oxidation sites excluding steroid dienone is 8. The molecular formula is C25H38F2.